The zero-order valence-corrected chi connectivity index (χ0v) is 17.2. The van der Waals surface area contributed by atoms with Crippen LogP contribution in [0.15, 0.2) is 85.2 Å². The van der Waals surface area contributed by atoms with Crippen LogP contribution in [0.1, 0.15) is 30.0 Å². The molecule has 1 heterocycles. The van der Waals surface area contributed by atoms with Gasteiger partial charge in [-0.2, -0.15) is 0 Å². The van der Waals surface area contributed by atoms with E-state index in [0.29, 0.717) is 25.9 Å². The average Bonchev–Trinajstić information content (AvgIpc) is 2.81. The van der Waals surface area contributed by atoms with Crippen LogP contribution in [0.4, 0.5) is 0 Å². The van der Waals surface area contributed by atoms with Gasteiger partial charge in [0.05, 0.1) is 0 Å². The zero-order valence-electron chi connectivity index (χ0n) is 17.2. The van der Waals surface area contributed by atoms with Crippen LogP contribution < -0.4 is 5.32 Å². The minimum Gasteiger partial charge on any atom is -0.350 e. The van der Waals surface area contributed by atoms with Gasteiger partial charge in [0.15, 0.2) is 0 Å². The van der Waals surface area contributed by atoms with Gasteiger partial charge in [0.1, 0.15) is 6.04 Å². The molecule has 2 aromatic carbocycles. The second kappa shape index (κ2) is 10.9. The highest BCUT2D eigenvalue weighted by Gasteiger charge is 2.25. The van der Waals surface area contributed by atoms with Gasteiger partial charge < -0.3 is 10.2 Å². The predicted molar refractivity (Wildman–Crippen MR) is 117 cm³/mol. The molecule has 0 unspecified atom stereocenters. The minimum absolute atomic E-state index is 0.0354. The number of aromatic nitrogens is 1. The average molecular weight is 402 g/mol. The third-order valence-corrected chi connectivity index (χ3v) is 5.02. The molecule has 0 radical (unpaired) electrons. The molecular formula is C25H27N3O2. The standard InChI is InChI=1S/C25H27N3O2/c1-20(25(30)27-18-23-13-8-16-26-17-23)28(19-22-11-6-3-7-12-22)24(29)15-14-21-9-4-2-5-10-21/h2-13,16-17,20H,14-15,18-19H2,1H3,(H,27,30)/t20-/m0/s1. The summed E-state index contributed by atoms with van der Waals surface area (Å²) in [6.45, 7) is 2.56. The molecule has 2 amide bonds. The quantitative estimate of drug-likeness (QED) is 0.594. The number of hydrogen-bond donors (Lipinski definition) is 1. The summed E-state index contributed by atoms with van der Waals surface area (Å²) in [5.74, 6) is -0.213. The van der Waals surface area contributed by atoms with Gasteiger partial charge in [-0.1, -0.05) is 66.7 Å². The number of nitrogens with zero attached hydrogens (tertiary/aromatic N) is 2. The normalized spacial score (nSPS) is 11.5. The number of pyridine rings is 1. The monoisotopic (exact) mass is 401 g/mol. The molecule has 0 saturated carbocycles. The number of hydrogen-bond acceptors (Lipinski definition) is 3. The van der Waals surface area contributed by atoms with Crippen molar-refractivity contribution in [1.82, 2.24) is 15.2 Å². The van der Waals surface area contributed by atoms with Crippen LogP contribution in [0.3, 0.4) is 0 Å². The van der Waals surface area contributed by atoms with Crippen molar-refractivity contribution in [2.75, 3.05) is 0 Å². The molecule has 5 nitrogen and oxygen atoms in total. The van der Waals surface area contributed by atoms with Crippen LogP contribution in [-0.4, -0.2) is 27.7 Å². The van der Waals surface area contributed by atoms with Gasteiger partial charge in [-0.25, -0.2) is 0 Å². The van der Waals surface area contributed by atoms with Crippen molar-refractivity contribution in [2.24, 2.45) is 0 Å². The fraction of sp³-hybridized carbons (Fsp3) is 0.240. The van der Waals surface area contributed by atoms with Crippen molar-refractivity contribution in [3.63, 3.8) is 0 Å². The van der Waals surface area contributed by atoms with E-state index in [1.54, 1.807) is 24.2 Å². The molecule has 0 fully saturated rings. The third kappa shape index (κ3) is 6.27. The Kier molecular flexibility index (Phi) is 7.72. The number of carbonyl (C=O) groups is 2. The summed E-state index contributed by atoms with van der Waals surface area (Å²) >= 11 is 0. The van der Waals surface area contributed by atoms with E-state index in [9.17, 15) is 9.59 Å². The molecule has 0 spiro atoms. The van der Waals surface area contributed by atoms with E-state index in [4.69, 9.17) is 0 Å². The topological polar surface area (TPSA) is 62.3 Å². The Morgan fingerprint density at radius 2 is 1.53 bits per heavy atom. The smallest absolute Gasteiger partial charge is 0.242 e. The Morgan fingerprint density at radius 3 is 2.17 bits per heavy atom. The van der Waals surface area contributed by atoms with Crippen molar-refractivity contribution in [3.05, 3.63) is 102 Å². The van der Waals surface area contributed by atoms with E-state index in [2.05, 4.69) is 10.3 Å². The lowest BCUT2D eigenvalue weighted by Crippen LogP contribution is -2.47. The summed E-state index contributed by atoms with van der Waals surface area (Å²) in [7, 11) is 0. The zero-order chi connectivity index (χ0) is 21.2. The van der Waals surface area contributed by atoms with Crippen LogP contribution in [0.25, 0.3) is 0 Å². The van der Waals surface area contributed by atoms with Crippen molar-refractivity contribution in [3.8, 4) is 0 Å². The first-order chi connectivity index (χ1) is 14.6. The van der Waals surface area contributed by atoms with Crippen molar-refractivity contribution in [2.45, 2.75) is 38.9 Å². The summed E-state index contributed by atoms with van der Waals surface area (Å²) in [4.78, 5) is 31.6. The largest absolute Gasteiger partial charge is 0.350 e. The molecule has 1 atom stereocenters. The van der Waals surface area contributed by atoms with E-state index >= 15 is 0 Å². The van der Waals surface area contributed by atoms with E-state index in [1.165, 1.54) is 0 Å². The van der Waals surface area contributed by atoms with Crippen LogP contribution in [0, 0.1) is 0 Å². The molecule has 3 aromatic rings. The lowest BCUT2D eigenvalue weighted by Gasteiger charge is -2.29. The van der Waals surface area contributed by atoms with Crippen LogP contribution in [0.5, 0.6) is 0 Å². The Bertz CT molecular complexity index is 930. The molecule has 0 aliphatic heterocycles. The molecule has 0 bridgehead atoms. The Hall–Kier alpha value is -3.47. The number of rotatable bonds is 9. The Labute approximate surface area is 177 Å². The summed E-state index contributed by atoms with van der Waals surface area (Å²) < 4.78 is 0. The molecule has 154 valence electrons. The molecule has 30 heavy (non-hydrogen) atoms. The Balaban J connectivity index is 1.67. The highest BCUT2D eigenvalue weighted by Crippen LogP contribution is 2.13. The van der Waals surface area contributed by atoms with Crippen LogP contribution in [0.2, 0.25) is 0 Å². The van der Waals surface area contributed by atoms with Gasteiger partial charge in [-0.3, -0.25) is 14.6 Å². The highest BCUT2D eigenvalue weighted by atomic mass is 16.2. The second-order valence-corrected chi connectivity index (χ2v) is 7.25. The maximum Gasteiger partial charge on any atom is 0.242 e. The fourth-order valence-corrected chi connectivity index (χ4v) is 3.24. The summed E-state index contributed by atoms with van der Waals surface area (Å²) in [5.41, 5.74) is 3.03. The number of amides is 2. The molecule has 5 heteroatoms. The molecule has 3 rings (SSSR count). The Morgan fingerprint density at radius 1 is 0.900 bits per heavy atom. The van der Waals surface area contributed by atoms with Gasteiger partial charge >= 0.3 is 0 Å². The maximum atomic E-state index is 13.1. The van der Waals surface area contributed by atoms with Gasteiger partial charge in [-0.15, -0.1) is 0 Å². The van der Waals surface area contributed by atoms with Gasteiger partial charge in [-0.05, 0) is 36.1 Å². The maximum absolute atomic E-state index is 13.1. The fourth-order valence-electron chi connectivity index (χ4n) is 3.24. The van der Waals surface area contributed by atoms with E-state index in [0.717, 1.165) is 16.7 Å². The first-order valence-electron chi connectivity index (χ1n) is 10.2. The van der Waals surface area contributed by atoms with E-state index < -0.39 is 6.04 Å². The SMILES string of the molecule is C[C@@H](C(=O)NCc1cccnc1)N(Cc1ccccc1)C(=O)CCc1ccccc1. The first kappa shape index (κ1) is 21.2. The minimum atomic E-state index is -0.579. The molecule has 0 saturated heterocycles. The first-order valence-corrected chi connectivity index (χ1v) is 10.2. The molecule has 0 aliphatic carbocycles. The van der Waals surface area contributed by atoms with E-state index in [1.807, 2.05) is 72.8 Å². The lowest BCUT2D eigenvalue weighted by molar-refractivity contribution is -0.140. The van der Waals surface area contributed by atoms with E-state index in [-0.39, 0.29) is 11.8 Å². The van der Waals surface area contributed by atoms with Gasteiger partial charge in [0, 0.05) is 31.9 Å². The number of nitrogens with one attached hydrogen (secondary N) is 1. The van der Waals surface area contributed by atoms with Crippen molar-refractivity contribution < 1.29 is 9.59 Å². The van der Waals surface area contributed by atoms with Crippen molar-refractivity contribution in [1.29, 1.82) is 0 Å². The predicted octanol–water partition coefficient (Wildman–Crippen LogP) is 3.75. The van der Waals surface area contributed by atoms with Crippen LogP contribution >= 0.6 is 0 Å². The number of benzene rings is 2. The van der Waals surface area contributed by atoms with Crippen LogP contribution in [-0.2, 0) is 29.1 Å². The lowest BCUT2D eigenvalue weighted by atomic mass is 10.1. The molecular weight excluding hydrogens is 374 g/mol. The number of carbonyl (C=O) groups excluding carboxylic acids is 2. The molecule has 0 aliphatic rings. The summed E-state index contributed by atoms with van der Waals surface area (Å²) in [6, 6.07) is 22.8. The van der Waals surface area contributed by atoms with Gasteiger partial charge in [0.25, 0.3) is 0 Å². The van der Waals surface area contributed by atoms with Crippen molar-refractivity contribution >= 4 is 11.8 Å². The second-order valence-electron chi connectivity index (χ2n) is 7.25. The molecule has 1 N–H and O–H groups in total. The highest BCUT2D eigenvalue weighted by molar-refractivity contribution is 5.87. The summed E-state index contributed by atoms with van der Waals surface area (Å²) in [6.07, 6.45) is 4.42. The van der Waals surface area contributed by atoms with Gasteiger partial charge in [0.2, 0.25) is 11.8 Å². The summed E-state index contributed by atoms with van der Waals surface area (Å²) in [5, 5.41) is 2.92. The third-order valence-electron chi connectivity index (χ3n) is 5.02. The molecule has 1 aromatic heterocycles. The number of aryl methyl sites for hydroxylation is 1.